The SMILES string of the molecule is Fc1ccc(C(SCCN2CCN(c3ncccn3)CC2)c2ccc(F)cc2)cc1. The molecule has 0 radical (unpaired) electrons. The second-order valence-corrected chi connectivity index (χ2v) is 8.44. The molecule has 1 aliphatic heterocycles. The minimum atomic E-state index is -0.248. The molecule has 0 N–H and O–H groups in total. The van der Waals surface area contributed by atoms with Crippen LogP contribution in [0.5, 0.6) is 0 Å². The predicted molar refractivity (Wildman–Crippen MR) is 118 cm³/mol. The van der Waals surface area contributed by atoms with E-state index in [0.29, 0.717) is 0 Å². The van der Waals surface area contributed by atoms with Gasteiger partial charge in [0.25, 0.3) is 0 Å². The van der Waals surface area contributed by atoms with Crippen LogP contribution in [0.1, 0.15) is 16.4 Å². The van der Waals surface area contributed by atoms with E-state index in [9.17, 15) is 8.78 Å². The van der Waals surface area contributed by atoms with Gasteiger partial charge in [0.2, 0.25) is 5.95 Å². The van der Waals surface area contributed by atoms with Crippen molar-refractivity contribution in [1.82, 2.24) is 14.9 Å². The summed E-state index contributed by atoms with van der Waals surface area (Å²) >= 11 is 1.81. The predicted octanol–water partition coefficient (Wildman–Crippen LogP) is 4.40. The maximum Gasteiger partial charge on any atom is 0.225 e. The molecule has 2 heterocycles. The van der Waals surface area contributed by atoms with Gasteiger partial charge in [0.1, 0.15) is 11.6 Å². The third-order valence-electron chi connectivity index (χ3n) is 5.24. The molecular formula is C23H24F2N4S. The lowest BCUT2D eigenvalue weighted by atomic mass is 10.0. The maximum absolute atomic E-state index is 13.4. The first-order valence-corrected chi connectivity index (χ1v) is 11.1. The van der Waals surface area contributed by atoms with Crippen LogP contribution in [0.3, 0.4) is 0 Å². The number of anilines is 1. The lowest BCUT2D eigenvalue weighted by Crippen LogP contribution is -2.47. The summed E-state index contributed by atoms with van der Waals surface area (Å²) in [6.07, 6.45) is 3.55. The van der Waals surface area contributed by atoms with E-state index >= 15 is 0 Å². The van der Waals surface area contributed by atoms with Gasteiger partial charge < -0.3 is 4.90 Å². The summed E-state index contributed by atoms with van der Waals surface area (Å²) < 4.78 is 26.8. The number of halogens is 2. The molecule has 156 valence electrons. The zero-order chi connectivity index (χ0) is 20.8. The van der Waals surface area contributed by atoms with Crippen LogP contribution in [0, 0.1) is 11.6 Å². The number of piperazine rings is 1. The molecular weight excluding hydrogens is 402 g/mol. The van der Waals surface area contributed by atoms with Crippen LogP contribution in [0.25, 0.3) is 0 Å². The average molecular weight is 427 g/mol. The number of aromatic nitrogens is 2. The highest BCUT2D eigenvalue weighted by molar-refractivity contribution is 7.99. The third-order valence-corrected chi connectivity index (χ3v) is 6.54. The minimum absolute atomic E-state index is 0.0465. The van der Waals surface area contributed by atoms with Crippen molar-refractivity contribution in [2.24, 2.45) is 0 Å². The van der Waals surface area contributed by atoms with Gasteiger partial charge in [0.05, 0.1) is 5.25 Å². The standard InChI is InChI=1S/C23H24F2N4S/c24-20-6-2-18(3-7-20)22(19-4-8-21(25)9-5-19)30-17-16-28-12-14-29(15-13-28)23-26-10-1-11-27-23/h1-11,22H,12-17H2. The summed E-state index contributed by atoms with van der Waals surface area (Å²) in [5.41, 5.74) is 2.05. The molecule has 1 aromatic heterocycles. The summed E-state index contributed by atoms with van der Waals surface area (Å²) in [5.74, 6) is 1.23. The van der Waals surface area contributed by atoms with Gasteiger partial charge in [-0.15, -0.1) is 11.8 Å². The van der Waals surface area contributed by atoms with Gasteiger partial charge in [-0.3, -0.25) is 4.90 Å². The van der Waals surface area contributed by atoms with E-state index < -0.39 is 0 Å². The molecule has 30 heavy (non-hydrogen) atoms. The van der Waals surface area contributed by atoms with Crippen LogP contribution in [-0.4, -0.2) is 53.3 Å². The Hall–Kier alpha value is -2.51. The van der Waals surface area contributed by atoms with Crippen molar-refractivity contribution in [3.63, 3.8) is 0 Å². The van der Waals surface area contributed by atoms with Gasteiger partial charge in [-0.25, -0.2) is 18.7 Å². The number of nitrogens with zero attached hydrogens (tertiary/aromatic N) is 4. The monoisotopic (exact) mass is 426 g/mol. The molecule has 1 aliphatic rings. The Balaban J connectivity index is 1.34. The van der Waals surface area contributed by atoms with Crippen LogP contribution < -0.4 is 4.90 Å². The molecule has 4 nitrogen and oxygen atoms in total. The molecule has 4 rings (SSSR count). The molecule has 3 aromatic rings. The average Bonchev–Trinajstić information content (AvgIpc) is 2.79. The Morgan fingerprint density at radius 3 is 1.87 bits per heavy atom. The minimum Gasteiger partial charge on any atom is -0.338 e. The van der Waals surface area contributed by atoms with Crippen LogP contribution in [0.2, 0.25) is 0 Å². The van der Waals surface area contributed by atoms with Gasteiger partial charge in [-0.2, -0.15) is 0 Å². The summed E-state index contributed by atoms with van der Waals surface area (Å²) in [7, 11) is 0. The molecule has 7 heteroatoms. The fourth-order valence-corrected chi connectivity index (χ4v) is 4.88. The first kappa shape index (κ1) is 20.8. The zero-order valence-electron chi connectivity index (χ0n) is 16.6. The molecule has 0 atom stereocenters. The van der Waals surface area contributed by atoms with E-state index in [1.807, 2.05) is 30.3 Å². The molecule has 1 saturated heterocycles. The number of hydrogen-bond acceptors (Lipinski definition) is 5. The van der Waals surface area contributed by atoms with Crippen molar-refractivity contribution < 1.29 is 8.78 Å². The van der Waals surface area contributed by atoms with E-state index in [-0.39, 0.29) is 16.9 Å². The molecule has 0 amide bonds. The number of rotatable bonds is 7. The normalized spacial score (nSPS) is 15.0. The number of hydrogen-bond donors (Lipinski definition) is 0. The highest BCUT2D eigenvalue weighted by atomic mass is 32.2. The topological polar surface area (TPSA) is 32.3 Å². The summed E-state index contributed by atoms with van der Waals surface area (Å²) in [6, 6.07) is 15.0. The molecule has 0 aliphatic carbocycles. The fraction of sp³-hybridized carbons (Fsp3) is 0.304. The quantitative estimate of drug-likeness (QED) is 0.559. The van der Waals surface area contributed by atoms with Gasteiger partial charge in [0.15, 0.2) is 0 Å². The molecule has 2 aromatic carbocycles. The molecule has 1 fully saturated rings. The van der Waals surface area contributed by atoms with Crippen LogP contribution in [0.4, 0.5) is 14.7 Å². The van der Waals surface area contributed by atoms with E-state index in [4.69, 9.17) is 0 Å². The van der Waals surface area contributed by atoms with Crippen LogP contribution in [0.15, 0.2) is 67.0 Å². The Bertz CT molecular complexity index is 869. The van der Waals surface area contributed by atoms with Crippen molar-refractivity contribution in [1.29, 1.82) is 0 Å². The second kappa shape index (κ2) is 10.00. The first-order valence-electron chi connectivity index (χ1n) is 10.1. The van der Waals surface area contributed by atoms with Gasteiger partial charge in [0, 0.05) is 50.9 Å². The molecule has 0 bridgehead atoms. The van der Waals surface area contributed by atoms with Crippen LogP contribution in [-0.2, 0) is 0 Å². The zero-order valence-corrected chi connectivity index (χ0v) is 17.4. The van der Waals surface area contributed by atoms with Gasteiger partial charge in [-0.05, 0) is 41.5 Å². The Morgan fingerprint density at radius 1 is 0.800 bits per heavy atom. The molecule has 0 spiro atoms. The number of benzene rings is 2. The smallest absolute Gasteiger partial charge is 0.225 e. The van der Waals surface area contributed by atoms with E-state index in [0.717, 1.165) is 55.6 Å². The van der Waals surface area contributed by atoms with Gasteiger partial charge >= 0.3 is 0 Å². The van der Waals surface area contributed by atoms with Gasteiger partial charge in [-0.1, -0.05) is 24.3 Å². The summed E-state index contributed by atoms with van der Waals surface area (Å²) in [5, 5.41) is 0.0465. The van der Waals surface area contributed by atoms with E-state index in [2.05, 4.69) is 19.8 Å². The summed E-state index contributed by atoms with van der Waals surface area (Å²) in [6.45, 7) is 4.72. The Kier molecular flexibility index (Phi) is 6.92. The highest BCUT2D eigenvalue weighted by Crippen LogP contribution is 2.35. The number of thioether (sulfide) groups is 1. The fourth-order valence-electron chi connectivity index (χ4n) is 3.59. The highest BCUT2D eigenvalue weighted by Gasteiger charge is 2.20. The van der Waals surface area contributed by atoms with Crippen molar-refractivity contribution in [2.75, 3.05) is 43.4 Å². The largest absolute Gasteiger partial charge is 0.338 e. The van der Waals surface area contributed by atoms with Crippen LogP contribution >= 0.6 is 11.8 Å². The molecule has 0 saturated carbocycles. The van der Waals surface area contributed by atoms with Crippen molar-refractivity contribution >= 4 is 17.7 Å². The molecule has 0 unspecified atom stereocenters. The second-order valence-electron chi connectivity index (χ2n) is 7.23. The Morgan fingerprint density at radius 2 is 1.33 bits per heavy atom. The third kappa shape index (κ3) is 5.34. The van der Waals surface area contributed by atoms with Crippen molar-refractivity contribution in [2.45, 2.75) is 5.25 Å². The van der Waals surface area contributed by atoms with E-state index in [1.165, 1.54) is 24.3 Å². The Labute approximate surface area is 180 Å². The lowest BCUT2D eigenvalue weighted by Gasteiger charge is -2.34. The lowest BCUT2D eigenvalue weighted by molar-refractivity contribution is 0.272. The van der Waals surface area contributed by atoms with Crippen molar-refractivity contribution in [3.05, 3.63) is 89.8 Å². The van der Waals surface area contributed by atoms with Crippen molar-refractivity contribution in [3.8, 4) is 0 Å². The maximum atomic E-state index is 13.4. The summed E-state index contributed by atoms with van der Waals surface area (Å²) in [4.78, 5) is 13.3. The van der Waals surface area contributed by atoms with E-state index in [1.54, 1.807) is 24.2 Å². The first-order chi connectivity index (χ1) is 14.7.